The molecule has 0 unspecified atom stereocenters. The highest BCUT2D eigenvalue weighted by Crippen LogP contribution is 2.45. The smallest absolute Gasteiger partial charge is 0.230 e. The molecule has 1 saturated carbocycles. The van der Waals surface area contributed by atoms with E-state index < -0.39 is 0 Å². The summed E-state index contributed by atoms with van der Waals surface area (Å²) in [6.45, 7) is 3.60. The van der Waals surface area contributed by atoms with Gasteiger partial charge in [0, 0.05) is 12.0 Å². The van der Waals surface area contributed by atoms with Gasteiger partial charge in [-0.1, -0.05) is 25.8 Å². The Balaban J connectivity index is 0.00000176. The number of hydrogen-bond acceptors (Lipinski definition) is 2. The molecule has 22 heavy (non-hydrogen) atoms. The maximum Gasteiger partial charge on any atom is 0.230 e. The third-order valence-corrected chi connectivity index (χ3v) is 4.98. The second-order valence-corrected chi connectivity index (χ2v) is 6.33. The zero-order valence-corrected chi connectivity index (χ0v) is 13.8. The SMILES string of the molecule is CCCC1(C(=O)Nc2ccc3c(c2F)CCNC3)CCC1.Cl. The molecule has 0 saturated heterocycles. The summed E-state index contributed by atoms with van der Waals surface area (Å²) in [5, 5.41) is 6.09. The highest BCUT2D eigenvalue weighted by atomic mass is 35.5. The van der Waals surface area contributed by atoms with E-state index in [0.29, 0.717) is 18.7 Å². The predicted molar refractivity (Wildman–Crippen MR) is 88.9 cm³/mol. The number of fused-ring (bicyclic) bond motifs is 1. The average Bonchev–Trinajstić information content (AvgIpc) is 2.46. The fourth-order valence-corrected chi connectivity index (χ4v) is 3.56. The minimum Gasteiger partial charge on any atom is -0.323 e. The Kier molecular flexibility index (Phi) is 5.45. The van der Waals surface area contributed by atoms with Crippen molar-refractivity contribution in [3.63, 3.8) is 0 Å². The van der Waals surface area contributed by atoms with Crippen LogP contribution in [0.15, 0.2) is 12.1 Å². The first-order valence-electron chi connectivity index (χ1n) is 7.99. The van der Waals surface area contributed by atoms with E-state index in [9.17, 15) is 9.18 Å². The van der Waals surface area contributed by atoms with Crippen molar-refractivity contribution in [1.29, 1.82) is 0 Å². The van der Waals surface area contributed by atoms with Gasteiger partial charge in [-0.05, 0) is 49.4 Å². The summed E-state index contributed by atoms with van der Waals surface area (Å²) in [6, 6.07) is 3.63. The van der Waals surface area contributed by atoms with E-state index in [-0.39, 0.29) is 29.5 Å². The van der Waals surface area contributed by atoms with Gasteiger partial charge < -0.3 is 10.6 Å². The van der Waals surface area contributed by atoms with Crippen molar-refractivity contribution >= 4 is 24.0 Å². The van der Waals surface area contributed by atoms with E-state index in [4.69, 9.17) is 0 Å². The van der Waals surface area contributed by atoms with Crippen molar-refractivity contribution in [2.24, 2.45) is 5.41 Å². The number of anilines is 1. The molecule has 3 rings (SSSR count). The largest absolute Gasteiger partial charge is 0.323 e. The van der Waals surface area contributed by atoms with Crippen molar-refractivity contribution in [2.45, 2.75) is 52.0 Å². The van der Waals surface area contributed by atoms with Crippen molar-refractivity contribution in [1.82, 2.24) is 5.32 Å². The molecule has 1 amide bonds. The second-order valence-electron chi connectivity index (χ2n) is 6.33. The highest BCUT2D eigenvalue weighted by Gasteiger charge is 2.43. The van der Waals surface area contributed by atoms with Crippen molar-refractivity contribution < 1.29 is 9.18 Å². The number of hydrogen-bond donors (Lipinski definition) is 2. The zero-order valence-electron chi connectivity index (χ0n) is 13.0. The molecule has 3 nitrogen and oxygen atoms in total. The van der Waals surface area contributed by atoms with Crippen LogP contribution in [0.4, 0.5) is 10.1 Å². The first-order chi connectivity index (χ1) is 10.2. The zero-order chi connectivity index (χ0) is 14.9. The Morgan fingerprint density at radius 2 is 2.18 bits per heavy atom. The van der Waals surface area contributed by atoms with E-state index in [2.05, 4.69) is 17.6 Å². The number of rotatable bonds is 4. The molecule has 2 aliphatic rings. The molecule has 1 aliphatic heterocycles. The van der Waals surface area contributed by atoms with Crippen LogP contribution in [0.25, 0.3) is 0 Å². The molecule has 0 atom stereocenters. The van der Waals surface area contributed by atoms with Gasteiger partial charge in [-0.15, -0.1) is 12.4 Å². The molecule has 2 N–H and O–H groups in total. The van der Waals surface area contributed by atoms with Crippen LogP contribution in [0, 0.1) is 11.2 Å². The molecule has 1 aliphatic carbocycles. The maximum atomic E-state index is 14.6. The van der Waals surface area contributed by atoms with Gasteiger partial charge >= 0.3 is 0 Å². The fraction of sp³-hybridized carbons (Fsp3) is 0.588. The molecule has 1 aromatic rings. The molecule has 0 aromatic heterocycles. The van der Waals surface area contributed by atoms with Crippen LogP contribution in [0.5, 0.6) is 0 Å². The number of carbonyl (C=O) groups excluding carboxylic acids is 1. The molecule has 122 valence electrons. The maximum absolute atomic E-state index is 14.6. The van der Waals surface area contributed by atoms with Gasteiger partial charge in [0.15, 0.2) is 0 Å². The lowest BCUT2D eigenvalue weighted by Gasteiger charge is -2.40. The number of amides is 1. The summed E-state index contributed by atoms with van der Waals surface area (Å²) in [7, 11) is 0. The van der Waals surface area contributed by atoms with E-state index >= 15 is 0 Å². The molecule has 1 aromatic carbocycles. The third kappa shape index (κ3) is 2.99. The van der Waals surface area contributed by atoms with Gasteiger partial charge in [0.05, 0.1) is 5.69 Å². The van der Waals surface area contributed by atoms with Crippen molar-refractivity contribution in [3.8, 4) is 0 Å². The Hall–Kier alpha value is -1.13. The summed E-state index contributed by atoms with van der Waals surface area (Å²) < 4.78 is 14.6. The van der Waals surface area contributed by atoms with Crippen LogP contribution in [0.1, 0.15) is 50.2 Å². The van der Waals surface area contributed by atoms with Crippen molar-refractivity contribution in [2.75, 3.05) is 11.9 Å². The van der Waals surface area contributed by atoms with Gasteiger partial charge in [0.2, 0.25) is 5.91 Å². The summed E-state index contributed by atoms with van der Waals surface area (Å²) in [4.78, 5) is 12.5. The van der Waals surface area contributed by atoms with E-state index in [1.54, 1.807) is 6.07 Å². The van der Waals surface area contributed by atoms with Crippen LogP contribution >= 0.6 is 12.4 Å². The Bertz CT molecular complexity index is 558. The van der Waals surface area contributed by atoms with Crippen LogP contribution in [-0.2, 0) is 17.8 Å². The molecule has 0 spiro atoms. The third-order valence-electron chi connectivity index (χ3n) is 4.98. The normalized spacial score (nSPS) is 18.6. The standard InChI is InChI=1S/C17H23FN2O.ClH/c1-2-7-17(8-3-9-17)16(21)20-14-5-4-12-11-19-10-6-13(12)15(14)18;/h4-5,19H,2-3,6-11H2,1H3,(H,20,21);1H. The molecule has 1 heterocycles. The number of carbonyl (C=O) groups is 1. The summed E-state index contributed by atoms with van der Waals surface area (Å²) >= 11 is 0. The molecular weight excluding hydrogens is 303 g/mol. The highest BCUT2D eigenvalue weighted by molar-refractivity contribution is 5.96. The average molecular weight is 327 g/mol. The van der Waals surface area contributed by atoms with Gasteiger partial charge in [-0.25, -0.2) is 4.39 Å². The van der Waals surface area contributed by atoms with E-state index in [1.807, 2.05) is 6.07 Å². The fourth-order valence-electron chi connectivity index (χ4n) is 3.56. The topological polar surface area (TPSA) is 41.1 Å². The minimum atomic E-state index is -0.251. The first kappa shape index (κ1) is 17.2. The second kappa shape index (κ2) is 6.97. The van der Waals surface area contributed by atoms with Crippen molar-refractivity contribution in [3.05, 3.63) is 29.1 Å². The summed E-state index contributed by atoms with van der Waals surface area (Å²) in [5.74, 6) is -0.239. The lowest BCUT2D eigenvalue weighted by molar-refractivity contribution is -0.130. The Morgan fingerprint density at radius 1 is 1.41 bits per heavy atom. The van der Waals surface area contributed by atoms with Gasteiger partial charge in [-0.2, -0.15) is 0 Å². The summed E-state index contributed by atoms with van der Waals surface area (Å²) in [6.07, 6.45) is 5.55. The number of benzene rings is 1. The van der Waals surface area contributed by atoms with Crippen LogP contribution < -0.4 is 10.6 Å². The lowest BCUT2D eigenvalue weighted by Crippen LogP contribution is -2.42. The Morgan fingerprint density at radius 3 is 2.82 bits per heavy atom. The summed E-state index contributed by atoms with van der Waals surface area (Å²) in [5.41, 5.74) is 1.86. The minimum absolute atomic E-state index is 0. The van der Waals surface area contributed by atoms with Gasteiger partial charge in [0.1, 0.15) is 5.82 Å². The first-order valence-corrected chi connectivity index (χ1v) is 7.99. The number of halogens is 2. The quantitative estimate of drug-likeness (QED) is 0.883. The molecule has 1 fully saturated rings. The lowest BCUT2D eigenvalue weighted by atomic mass is 9.65. The molecule has 0 radical (unpaired) electrons. The van der Waals surface area contributed by atoms with Gasteiger partial charge in [-0.3, -0.25) is 4.79 Å². The van der Waals surface area contributed by atoms with Crippen LogP contribution in [0.3, 0.4) is 0 Å². The molecule has 0 bridgehead atoms. The Labute approximate surface area is 137 Å². The van der Waals surface area contributed by atoms with E-state index in [0.717, 1.165) is 49.8 Å². The van der Waals surface area contributed by atoms with Crippen LogP contribution in [-0.4, -0.2) is 12.5 Å². The molecule has 5 heteroatoms. The van der Waals surface area contributed by atoms with E-state index in [1.165, 1.54) is 0 Å². The predicted octanol–water partition coefficient (Wildman–Crippen LogP) is 3.80. The number of nitrogens with one attached hydrogen (secondary N) is 2. The van der Waals surface area contributed by atoms with Crippen LogP contribution in [0.2, 0.25) is 0 Å². The monoisotopic (exact) mass is 326 g/mol. The van der Waals surface area contributed by atoms with Gasteiger partial charge in [0.25, 0.3) is 0 Å². The molecular formula is C17H24ClFN2O.